The summed E-state index contributed by atoms with van der Waals surface area (Å²) in [7, 11) is -4.08. The molecule has 0 N–H and O–H groups in total. The Morgan fingerprint density at radius 2 is 1.57 bits per heavy atom. The van der Waals surface area contributed by atoms with Crippen LogP contribution in [0.1, 0.15) is 5.56 Å². The lowest BCUT2D eigenvalue weighted by molar-refractivity contribution is -0.129. The van der Waals surface area contributed by atoms with Gasteiger partial charge in [-0.15, -0.1) is 0 Å². The molecule has 0 unspecified atom stereocenters. The Labute approximate surface area is 220 Å². The SMILES string of the molecule is Cc1ccc(S(=O)(=O)N(CC(=O)N2CCN(c3cccc(Cl)c3)CC2)c2cccc(Cl)c2Cl)cc1. The summed E-state index contributed by atoms with van der Waals surface area (Å²) in [6.07, 6.45) is 0. The van der Waals surface area contributed by atoms with Crippen LogP contribution in [0.15, 0.2) is 71.6 Å². The van der Waals surface area contributed by atoms with Gasteiger partial charge in [-0.1, -0.05) is 64.6 Å². The van der Waals surface area contributed by atoms with Gasteiger partial charge in [-0.3, -0.25) is 9.10 Å². The summed E-state index contributed by atoms with van der Waals surface area (Å²) in [5, 5.41) is 0.927. The highest BCUT2D eigenvalue weighted by atomic mass is 35.5. The fraction of sp³-hybridized carbons (Fsp3) is 0.240. The van der Waals surface area contributed by atoms with Crippen LogP contribution in [0.5, 0.6) is 0 Å². The first-order valence-corrected chi connectivity index (χ1v) is 13.6. The topological polar surface area (TPSA) is 60.9 Å². The van der Waals surface area contributed by atoms with E-state index in [0.29, 0.717) is 31.2 Å². The van der Waals surface area contributed by atoms with Crippen molar-refractivity contribution in [2.45, 2.75) is 11.8 Å². The average Bonchev–Trinajstić information content (AvgIpc) is 2.84. The van der Waals surface area contributed by atoms with Gasteiger partial charge in [0, 0.05) is 36.9 Å². The normalized spacial score (nSPS) is 14.2. The Morgan fingerprint density at radius 1 is 0.914 bits per heavy atom. The lowest BCUT2D eigenvalue weighted by atomic mass is 10.2. The van der Waals surface area contributed by atoms with Gasteiger partial charge in [-0.2, -0.15) is 0 Å². The van der Waals surface area contributed by atoms with E-state index >= 15 is 0 Å². The van der Waals surface area contributed by atoms with E-state index in [1.165, 1.54) is 12.1 Å². The van der Waals surface area contributed by atoms with Crippen molar-refractivity contribution in [1.82, 2.24) is 4.90 Å². The predicted molar refractivity (Wildman–Crippen MR) is 142 cm³/mol. The molecule has 0 atom stereocenters. The summed E-state index contributed by atoms with van der Waals surface area (Å²) < 4.78 is 28.3. The minimum atomic E-state index is -4.08. The number of anilines is 2. The molecule has 1 aliphatic rings. The molecule has 3 aromatic rings. The summed E-state index contributed by atoms with van der Waals surface area (Å²) in [5.41, 5.74) is 2.06. The summed E-state index contributed by atoms with van der Waals surface area (Å²) >= 11 is 18.7. The quantitative estimate of drug-likeness (QED) is 0.405. The van der Waals surface area contributed by atoms with E-state index in [0.717, 1.165) is 15.6 Å². The van der Waals surface area contributed by atoms with Gasteiger partial charge in [-0.25, -0.2) is 8.42 Å². The van der Waals surface area contributed by atoms with E-state index in [-0.39, 0.29) is 26.5 Å². The third-order valence-corrected chi connectivity index (χ3v) is 8.71. The Kier molecular flexibility index (Phi) is 7.81. The van der Waals surface area contributed by atoms with Crippen LogP contribution >= 0.6 is 34.8 Å². The summed E-state index contributed by atoms with van der Waals surface area (Å²) in [6, 6.07) is 18.7. The number of amides is 1. The lowest BCUT2D eigenvalue weighted by Gasteiger charge is -2.37. The third-order valence-electron chi connectivity index (χ3n) is 5.89. The van der Waals surface area contributed by atoms with E-state index < -0.39 is 16.6 Å². The molecule has 0 bridgehead atoms. The second kappa shape index (κ2) is 10.7. The molecular weight excluding hydrogens is 529 g/mol. The van der Waals surface area contributed by atoms with Crippen molar-refractivity contribution in [3.8, 4) is 0 Å². The number of carbonyl (C=O) groups is 1. The molecule has 1 fully saturated rings. The van der Waals surface area contributed by atoms with Crippen molar-refractivity contribution in [1.29, 1.82) is 0 Å². The number of sulfonamides is 1. The number of hydrogen-bond acceptors (Lipinski definition) is 4. The van der Waals surface area contributed by atoms with Gasteiger partial charge < -0.3 is 9.80 Å². The molecule has 0 aromatic heterocycles. The number of carbonyl (C=O) groups excluding carboxylic acids is 1. The first kappa shape index (κ1) is 25.6. The molecule has 6 nitrogen and oxygen atoms in total. The van der Waals surface area contributed by atoms with E-state index in [9.17, 15) is 13.2 Å². The summed E-state index contributed by atoms with van der Waals surface area (Å²) in [6.45, 7) is 3.59. The van der Waals surface area contributed by atoms with E-state index in [2.05, 4.69) is 4.90 Å². The molecule has 3 aromatic carbocycles. The molecule has 0 spiro atoms. The number of hydrogen-bond donors (Lipinski definition) is 0. The molecule has 1 saturated heterocycles. The number of nitrogens with zero attached hydrogens (tertiary/aromatic N) is 3. The van der Waals surface area contributed by atoms with Gasteiger partial charge in [0.05, 0.1) is 20.6 Å². The highest BCUT2D eigenvalue weighted by molar-refractivity contribution is 7.92. The monoisotopic (exact) mass is 551 g/mol. The Hall–Kier alpha value is -2.45. The second-order valence-electron chi connectivity index (χ2n) is 8.25. The highest BCUT2D eigenvalue weighted by Gasteiger charge is 2.32. The lowest BCUT2D eigenvalue weighted by Crippen LogP contribution is -2.52. The van der Waals surface area contributed by atoms with E-state index in [1.807, 2.05) is 31.2 Å². The van der Waals surface area contributed by atoms with E-state index in [1.54, 1.807) is 35.2 Å². The molecular formula is C25H24Cl3N3O3S. The number of piperazine rings is 1. The fourth-order valence-corrected chi connectivity index (χ4v) is 5.99. The van der Waals surface area contributed by atoms with Crippen LogP contribution in [-0.2, 0) is 14.8 Å². The Morgan fingerprint density at radius 3 is 2.23 bits per heavy atom. The largest absolute Gasteiger partial charge is 0.368 e. The number of benzene rings is 3. The zero-order valence-electron chi connectivity index (χ0n) is 19.0. The molecule has 0 saturated carbocycles. The summed E-state index contributed by atoms with van der Waals surface area (Å²) in [4.78, 5) is 17.2. The minimum absolute atomic E-state index is 0.0673. The van der Waals surface area contributed by atoms with Crippen molar-refractivity contribution in [3.63, 3.8) is 0 Å². The number of halogens is 3. The van der Waals surface area contributed by atoms with Crippen LogP contribution in [0.2, 0.25) is 15.1 Å². The van der Waals surface area contributed by atoms with Gasteiger partial charge >= 0.3 is 0 Å². The zero-order valence-corrected chi connectivity index (χ0v) is 22.1. The smallest absolute Gasteiger partial charge is 0.264 e. The molecule has 4 rings (SSSR count). The van der Waals surface area contributed by atoms with Gasteiger partial charge in [0.25, 0.3) is 10.0 Å². The average molecular weight is 553 g/mol. The van der Waals surface area contributed by atoms with Crippen LogP contribution in [0.3, 0.4) is 0 Å². The van der Waals surface area contributed by atoms with Crippen molar-refractivity contribution < 1.29 is 13.2 Å². The van der Waals surface area contributed by atoms with Crippen molar-refractivity contribution in [3.05, 3.63) is 87.4 Å². The van der Waals surface area contributed by atoms with E-state index in [4.69, 9.17) is 34.8 Å². The molecule has 35 heavy (non-hydrogen) atoms. The molecule has 1 amide bonds. The first-order valence-electron chi connectivity index (χ1n) is 11.0. The standard InChI is InChI=1S/C25H24Cl3N3O3S/c1-18-8-10-21(11-9-18)35(33,34)31(23-7-3-6-22(27)25(23)28)17-24(32)30-14-12-29(13-15-30)20-5-2-4-19(26)16-20/h2-11,16H,12-15,17H2,1H3. The van der Waals surface area contributed by atoms with Crippen LogP contribution in [0.25, 0.3) is 0 Å². The number of rotatable bonds is 6. The van der Waals surface area contributed by atoms with Crippen LogP contribution < -0.4 is 9.21 Å². The van der Waals surface area contributed by atoms with Crippen LogP contribution in [0.4, 0.5) is 11.4 Å². The van der Waals surface area contributed by atoms with Gasteiger partial charge in [-0.05, 0) is 49.4 Å². The maximum atomic E-state index is 13.6. The fourth-order valence-electron chi connectivity index (χ4n) is 3.93. The molecule has 0 aliphatic carbocycles. The van der Waals surface area contributed by atoms with Gasteiger partial charge in [0.1, 0.15) is 6.54 Å². The van der Waals surface area contributed by atoms with Crippen molar-refractivity contribution in [2.75, 3.05) is 41.9 Å². The maximum Gasteiger partial charge on any atom is 0.264 e. The van der Waals surface area contributed by atoms with Crippen molar-refractivity contribution >= 4 is 62.1 Å². The third kappa shape index (κ3) is 5.70. The summed E-state index contributed by atoms with van der Waals surface area (Å²) in [5.74, 6) is -0.317. The molecule has 184 valence electrons. The van der Waals surface area contributed by atoms with Gasteiger partial charge in [0.15, 0.2) is 0 Å². The van der Waals surface area contributed by atoms with Crippen LogP contribution in [-0.4, -0.2) is 51.9 Å². The highest BCUT2D eigenvalue weighted by Crippen LogP contribution is 2.35. The minimum Gasteiger partial charge on any atom is -0.368 e. The molecule has 1 aliphatic heterocycles. The number of aryl methyl sites for hydroxylation is 1. The first-order chi connectivity index (χ1) is 16.7. The Bertz CT molecular complexity index is 1330. The second-order valence-corrected chi connectivity index (χ2v) is 11.3. The maximum absolute atomic E-state index is 13.6. The van der Waals surface area contributed by atoms with Gasteiger partial charge in [0.2, 0.25) is 5.91 Å². The zero-order chi connectivity index (χ0) is 25.2. The molecule has 10 heteroatoms. The molecule has 0 radical (unpaired) electrons. The van der Waals surface area contributed by atoms with Crippen molar-refractivity contribution in [2.24, 2.45) is 0 Å². The Balaban J connectivity index is 1.57. The van der Waals surface area contributed by atoms with Crippen LogP contribution in [0, 0.1) is 6.92 Å². The predicted octanol–water partition coefficient (Wildman–Crippen LogP) is 5.50. The molecule has 1 heterocycles.